The Morgan fingerprint density at radius 3 is 2.71 bits per heavy atom. The van der Waals surface area contributed by atoms with Crippen LogP contribution in [0.1, 0.15) is 22.5 Å². The van der Waals surface area contributed by atoms with Crippen LogP contribution in [0.25, 0.3) is 0 Å². The molecule has 110 valence electrons. The monoisotopic (exact) mass is 306 g/mol. The van der Waals surface area contributed by atoms with Crippen LogP contribution < -0.4 is 0 Å². The SMILES string of the molecule is CN(CCC(=O)c1ccc(F)cn1)Cc1ccccc1Cl. The molecule has 0 N–H and O–H groups in total. The van der Waals surface area contributed by atoms with Gasteiger partial charge in [-0.25, -0.2) is 4.39 Å². The van der Waals surface area contributed by atoms with Gasteiger partial charge in [0, 0.05) is 24.5 Å². The lowest BCUT2D eigenvalue weighted by Gasteiger charge is -2.16. The molecule has 0 radical (unpaired) electrons. The number of rotatable bonds is 6. The van der Waals surface area contributed by atoms with Crippen LogP contribution in [-0.2, 0) is 6.54 Å². The van der Waals surface area contributed by atoms with E-state index in [0.29, 0.717) is 25.2 Å². The van der Waals surface area contributed by atoms with Gasteiger partial charge in [-0.15, -0.1) is 0 Å². The first-order valence-corrected chi connectivity index (χ1v) is 7.01. The van der Waals surface area contributed by atoms with E-state index < -0.39 is 5.82 Å². The average molecular weight is 307 g/mol. The zero-order valence-electron chi connectivity index (χ0n) is 11.7. The van der Waals surface area contributed by atoms with Gasteiger partial charge in [0.1, 0.15) is 11.5 Å². The van der Waals surface area contributed by atoms with Crippen molar-refractivity contribution in [1.29, 1.82) is 0 Å². The van der Waals surface area contributed by atoms with Crippen molar-refractivity contribution in [2.24, 2.45) is 0 Å². The zero-order chi connectivity index (χ0) is 15.2. The third-order valence-corrected chi connectivity index (χ3v) is 3.50. The van der Waals surface area contributed by atoms with Gasteiger partial charge in [0.15, 0.2) is 5.78 Å². The molecule has 0 saturated carbocycles. The smallest absolute Gasteiger partial charge is 0.182 e. The van der Waals surface area contributed by atoms with Crippen LogP contribution in [0, 0.1) is 5.82 Å². The Balaban J connectivity index is 1.86. The molecule has 2 aromatic rings. The molecule has 1 aromatic carbocycles. The first-order valence-electron chi connectivity index (χ1n) is 6.63. The highest BCUT2D eigenvalue weighted by Crippen LogP contribution is 2.16. The van der Waals surface area contributed by atoms with Crippen LogP contribution in [0.4, 0.5) is 4.39 Å². The Morgan fingerprint density at radius 1 is 1.29 bits per heavy atom. The number of carbonyl (C=O) groups is 1. The van der Waals surface area contributed by atoms with Crippen molar-refractivity contribution in [2.45, 2.75) is 13.0 Å². The largest absolute Gasteiger partial charge is 0.302 e. The molecule has 0 aliphatic heterocycles. The standard InChI is InChI=1S/C16H16ClFN2O/c1-20(11-12-4-2-3-5-14(12)17)9-8-16(21)15-7-6-13(18)10-19-15/h2-7,10H,8-9,11H2,1H3. The summed E-state index contributed by atoms with van der Waals surface area (Å²) in [6.07, 6.45) is 1.39. The van der Waals surface area contributed by atoms with E-state index >= 15 is 0 Å². The summed E-state index contributed by atoms with van der Waals surface area (Å²) in [5.41, 5.74) is 1.32. The molecule has 0 aliphatic rings. The van der Waals surface area contributed by atoms with Gasteiger partial charge in [0.25, 0.3) is 0 Å². The molecule has 5 heteroatoms. The highest BCUT2D eigenvalue weighted by molar-refractivity contribution is 6.31. The maximum Gasteiger partial charge on any atom is 0.182 e. The van der Waals surface area contributed by atoms with Crippen LogP contribution in [0.3, 0.4) is 0 Å². The Morgan fingerprint density at radius 2 is 2.05 bits per heavy atom. The van der Waals surface area contributed by atoms with Gasteiger partial charge in [-0.05, 0) is 30.8 Å². The summed E-state index contributed by atoms with van der Waals surface area (Å²) in [6.45, 7) is 1.26. The minimum atomic E-state index is -0.442. The lowest BCUT2D eigenvalue weighted by Crippen LogP contribution is -2.22. The van der Waals surface area contributed by atoms with E-state index in [1.165, 1.54) is 12.1 Å². The Kier molecular flexibility index (Phi) is 5.42. The first kappa shape index (κ1) is 15.6. The van der Waals surface area contributed by atoms with Crippen molar-refractivity contribution in [2.75, 3.05) is 13.6 Å². The summed E-state index contributed by atoms with van der Waals surface area (Å²) < 4.78 is 12.7. The van der Waals surface area contributed by atoms with E-state index in [-0.39, 0.29) is 5.78 Å². The number of hydrogen-bond acceptors (Lipinski definition) is 3. The topological polar surface area (TPSA) is 33.2 Å². The zero-order valence-corrected chi connectivity index (χ0v) is 12.5. The van der Waals surface area contributed by atoms with Gasteiger partial charge in [0.05, 0.1) is 6.20 Å². The maximum atomic E-state index is 12.7. The fourth-order valence-electron chi connectivity index (χ4n) is 1.96. The molecular weight excluding hydrogens is 291 g/mol. The van der Waals surface area contributed by atoms with Crippen LogP contribution in [-0.4, -0.2) is 29.3 Å². The molecule has 21 heavy (non-hydrogen) atoms. The van der Waals surface area contributed by atoms with Crippen molar-refractivity contribution < 1.29 is 9.18 Å². The lowest BCUT2D eigenvalue weighted by atomic mass is 10.1. The van der Waals surface area contributed by atoms with Gasteiger partial charge in [-0.2, -0.15) is 0 Å². The van der Waals surface area contributed by atoms with E-state index in [9.17, 15) is 9.18 Å². The van der Waals surface area contributed by atoms with Gasteiger partial charge >= 0.3 is 0 Å². The minimum absolute atomic E-state index is 0.0963. The number of Topliss-reactive ketones (excluding diaryl/α,β-unsaturated/α-hetero) is 1. The number of carbonyl (C=O) groups excluding carboxylic acids is 1. The molecule has 0 saturated heterocycles. The highest BCUT2D eigenvalue weighted by atomic mass is 35.5. The number of nitrogens with zero attached hydrogens (tertiary/aromatic N) is 2. The van der Waals surface area contributed by atoms with Crippen LogP contribution in [0.2, 0.25) is 5.02 Å². The van der Waals surface area contributed by atoms with Crippen LogP contribution in [0.5, 0.6) is 0 Å². The van der Waals surface area contributed by atoms with Crippen molar-refractivity contribution in [1.82, 2.24) is 9.88 Å². The Hall–Kier alpha value is -1.78. The number of hydrogen-bond donors (Lipinski definition) is 0. The number of benzene rings is 1. The van der Waals surface area contributed by atoms with Gasteiger partial charge in [-0.3, -0.25) is 9.78 Å². The fourth-order valence-corrected chi connectivity index (χ4v) is 2.15. The second kappa shape index (κ2) is 7.29. The van der Waals surface area contributed by atoms with E-state index in [4.69, 9.17) is 11.6 Å². The van der Waals surface area contributed by atoms with Gasteiger partial charge in [0.2, 0.25) is 0 Å². The summed E-state index contributed by atoms with van der Waals surface area (Å²) in [5, 5.41) is 0.718. The number of pyridine rings is 1. The summed E-state index contributed by atoms with van der Waals surface area (Å²) in [4.78, 5) is 17.7. The van der Waals surface area contributed by atoms with Crippen LogP contribution in [0.15, 0.2) is 42.6 Å². The third kappa shape index (κ3) is 4.62. The molecule has 3 nitrogen and oxygen atoms in total. The predicted molar refractivity (Wildman–Crippen MR) is 80.9 cm³/mol. The Bertz CT molecular complexity index is 616. The summed E-state index contributed by atoms with van der Waals surface area (Å²) in [5.74, 6) is -0.539. The number of halogens is 2. The highest BCUT2D eigenvalue weighted by Gasteiger charge is 2.10. The quantitative estimate of drug-likeness (QED) is 0.765. The molecule has 0 aliphatic carbocycles. The van der Waals surface area contributed by atoms with E-state index in [0.717, 1.165) is 16.8 Å². The van der Waals surface area contributed by atoms with E-state index in [1.807, 2.05) is 36.2 Å². The molecule has 0 atom stereocenters. The van der Waals surface area contributed by atoms with E-state index in [1.54, 1.807) is 0 Å². The van der Waals surface area contributed by atoms with Crippen molar-refractivity contribution in [3.8, 4) is 0 Å². The normalized spacial score (nSPS) is 10.9. The Labute approximate surface area is 128 Å². The fraction of sp³-hybridized carbons (Fsp3) is 0.250. The summed E-state index contributed by atoms with van der Waals surface area (Å²) in [6, 6.07) is 10.3. The first-order chi connectivity index (χ1) is 10.1. The van der Waals surface area contributed by atoms with Crippen molar-refractivity contribution in [3.05, 3.63) is 64.7 Å². The predicted octanol–water partition coefficient (Wildman–Crippen LogP) is 3.58. The number of aromatic nitrogens is 1. The van der Waals surface area contributed by atoms with Gasteiger partial charge in [-0.1, -0.05) is 29.8 Å². The summed E-state index contributed by atoms with van der Waals surface area (Å²) in [7, 11) is 1.93. The molecule has 0 unspecified atom stereocenters. The van der Waals surface area contributed by atoms with Crippen molar-refractivity contribution >= 4 is 17.4 Å². The molecule has 0 fully saturated rings. The second-order valence-corrected chi connectivity index (χ2v) is 5.27. The van der Waals surface area contributed by atoms with Crippen molar-refractivity contribution in [3.63, 3.8) is 0 Å². The number of ketones is 1. The minimum Gasteiger partial charge on any atom is -0.302 e. The molecular formula is C16H16ClFN2O. The lowest BCUT2D eigenvalue weighted by molar-refractivity contribution is 0.0963. The molecule has 0 bridgehead atoms. The molecule has 1 aromatic heterocycles. The maximum absolute atomic E-state index is 12.7. The summed E-state index contributed by atoms with van der Waals surface area (Å²) >= 11 is 6.10. The second-order valence-electron chi connectivity index (χ2n) is 4.86. The van der Waals surface area contributed by atoms with E-state index in [2.05, 4.69) is 4.98 Å². The average Bonchev–Trinajstić information content (AvgIpc) is 2.48. The van der Waals surface area contributed by atoms with Crippen LogP contribution >= 0.6 is 11.6 Å². The molecule has 1 heterocycles. The third-order valence-electron chi connectivity index (χ3n) is 3.13. The molecule has 2 rings (SSSR count). The molecule has 0 spiro atoms. The van der Waals surface area contributed by atoms with Gasteiger partial charge < -0.3 is 4.90 Å². The molecule has 0 amide bonds.